The van der Waals surface area contributed by atoms with Crippen molar-refractivity contribution in [3.05, 3.63) is 12.8 Å². The van der Waals surface area contributed by atoms with Crippen LogP contribution < -0.4 is 5.32 Å². The first-order chi connectivity index (χ1) is 3.98. The second kappa shape index (κ2) is 2.75. The summed E-state index contributed by atoms with van der Waals surface area (Å²) in [7, 11) is 0. The van der Waals surface area contributed by atoms with E-state index in [9.17, 15) is 13.2 Å². The zero-order valence-electron chi connectivity index (χ0n) is 5.00. The minimum absolute atomic E-state index is 1.03. The van der Waals surface area contributed by atoms with Crippen LogP contribution in [0.25, 0.3) is 0 Å². The topological polar surface area (TPSA) is 12.0 Å². The molecule has 0 aliphatic heterocycles. The van der Waals surface area contributed by atoms with Crippen LogP contribution in [-0.2, 0) is 0 Å². The summed E-state index contributed by atoms with van der Waals surface area (Å²) in [6, 6.07) is -1.50. The fraction of sp³-hybridized carbons (Fsp3) is 0.600. The third kappa shape index (κ3) is 3.00. The second-order valence-corrected chi connectivity index (χ2v) is 1.63. The molecule has 4 heteroatoms. The van der Waals surface area contributed by atoms with Crippen molar-refractivity contribution in [2.75, 3.05) is 0 Å². The van der Waals surface area contributed by atoms with Crippen LogP contribution in [0.2, 0.25) is 0 Å². The molecule has 0 aliphatic carbocycles. The average molecular weight is 139 g/mol. The zero-order chi connectivity index (χ0) is 7.49. The van der Waals surface area contributed by atoms with E-state index < -0.39 is 12.2 Å². The Bertz CT molecular complexity index is 96.9. The summed E-state index contributed by atoms with van der Waals surface area (Å²) in [6.45, 7) is 4.13. The van der Waals surface area contributed by atoms with Gasteiger partial charge in [-0.15, -0.1) is 0 Å². The first-order valence-electron chi connectivity index (χ1n) is 2.42. The summed E-state index contributed by atoms with van der Waals surface area (Å²) in [5, 5.41) is 2.02. The maximum Gasteiger partial charge on any atom is 0.408 e. The molecule has 0 radical (unpaired) electrons. The molecular formula is C5H8F3N. The van der Waals surface area contributed by atoms with Crippen LogP contribution in [0.4, 0.5) is 13.2 Å². The molecule has 0 saturated carbocycles. The smallest absolute Gasteiger partial charge is 0.381 e. The maximum atomic E-state index is 11.5. The fourth-order valence-corrected chi connectivity index (χ4v) is 0.271. The van der Waals surface area contributed by atoms with Gasteiger partial charge in [0.25, 0.3) is 0 Å². The van der Waals surface area contributed by atoms with Gasteiger partial charge in [-0.1, -0.05) is 6.58 Å². The molecule has 1 atom stereocenters. The van der Waals surface area contributed by atoms with Crippen LogP contribution in [0.1, 0.15) is 6.92 Å². The largest absolute Gasteiger partial charge is 0.408 e. The molecule has 9 heavy (non-hydrogen) atoms. The average Bonchev–Trinajstić information content (AvgIpc) is 1.64. The maximum absolute atomic E-state index is 11.5. The molecule has 0 bridgehead atoms. The highest BCUT2D eigenvalue weighted by Gasteiger charge is 2.34. The molecule has 0 spiro atoms. The van der Waals surface area contributed by atoms with Gasteiger partial charge in [0, 0.05) is 0 Å². The van der Waals surface area contributed by atoms with E-state index in [0.717, 1.165) is 13.1 Å². The van der Waals surface area contributed by atoms with E-state index in [2.05, 4.69) is 6.58 Å². The summed E-state index contributed by atoms with van der Waals surface area (Å²) in [4.78, 5) is 0. The van der Waals surface area contributed by atoms with E-state index in [4.69, 9.17) is 0 Å². The van der Waals surface area contributed by atoms with Gasteiger partial charge in [0.1, 0.15) is 6.04 Å². The SMILES string of the molecule is C=CN[C@@H](C)C(F)(F)F. The standard InChI is InChI=1S/C5H8F3N/c1-3-9-4(2)5(6,7)8/h3-4,9H,1H2,2H3/t4-/m0/s1. The van der Waals surface area contributed by atoms with Crippen molar-refractivity contribution in [3.63, 3.8) is 0 Å². The summed E-state index contributed by atoms with van der Waals surface area (Å²) >= 11 is 0. The van der Waals surface area contributed by atoms with Crippen LogP contribution >= 0.6 is 0 Å². The Labute approximate surface area is 51.6 Å². The van der Waals surface area contributed by atoms with Gasteiger partial charge in [-0.25, -0.2) is 0 Å². The van der Waals surface area contributed by atoms with Crippen LogP contribution in [0.5, 0.6) is 0 Å². The monoisotopic (exact) mass is 139 g/mol. The lowest BCUT2D eigenvalue weighted by Gasteiger charge is -2.14. The van der Waals surface area contributed by atoms with Gasteiger partial charge in [0.05, 0.1) is 0 Å². The third-order valence-corrected chi connectivity index (χ3v) is 0.859. The molecule has 0 amide bonds. The van der Waals surface area contributed by atoms with Crippen LogP contribution in [0.3, 0.4) is 0 Å². The molecule has 1 N–H and O–H groups in total. The molecule has 0 unspecified atom stereocenters. The molecule has 0 fully saturated rings. The first-order valence-corrected chi connectivity index (χ1v) is 2.42. The highest BCUT2D eigenvalue weighted by molar-refractivity contribution is 4.75. The van der Waals surface area contributed by atoms with Gasteiger partial charge in [0.2, 0.25) is 0 Å². The van der Waals surface area contributed by atoms with Crippen molar-refractivity contribution >= 4 is 0 Å². The summed E-state index contributed by atoms with van der Waals surface area (Å²) < 4.78 is 34.6. The molecular weight excluding hydrogens is 131 g/mol. The quantitative estimate of drug-likeness (QED) is 0.613. The fourth-order valence-electron chi connectivity index (χ4n) is 0.271. The lowest BCUT2D eigenvalue weighted by Crippen LogP contribution is -2.36. The lowest BCUT2D eigenvalue weighted by molar-refractivity contribution is -0.148. The van der Waals surface area contributed by atoms with E-state index in [-0.39, 0.29) is 0 Å². The van der Waals surface area contributed by atoms with Gasteiger partial charge < -0.3 is 5.32 Å². The first kappa shape index (κ1) is 8.33. The Hall–Kier alpha value is -0.670. The van der Waals surface area contributed by atoms with Crippen molar-refractivity contribution < 1.29 is 13.2 Å². The number of halogens is 3. The number of alkyl halides is 3. The van der Waals surface area contributed by atoms with Crippen molar-refractivity contribution in [1.29, 1.82) is 0 Å². The van der Waals surface area contributed by atoms with Gasteiger partial charge >= 0.3 is 6.18 Å². The van der Waals surface area contributed by atoms with E-state index >= 15 is 0 Å². The summed E-state index contributed by atoms with van der Waals surface area (Å²) in [6.07, 6.45) is -3.15. The van der Waals surface area contributed by atoms with Crippen molar-refractivity contribution in [1.82, 2.24) is 5.32 Å². The van der Waals surface area contributed by atoms with Gasteiger partial charge in [-0.2, -0.15) is 13.2 Å². The molecule has 0 rings (SSSR count). The Morgan fingerprint density at radius 1 is 1.56 bits per heavy atom. The van der Waals surface area contributed by atoms with Gasteiger partial charge in [0.15, 0.2) is 0 Å². The van der Waals surface area contributed by atoms with Crippen LogP contribution in [0.15, 0.2) is 12.8 Å². The van der Waals surface area contributed by atoms with E-state index in [1.807, 2.05) is 5.32 Å². The normalized spacial score (nSPS) is 14.7. The number of hydrogen-bond acceptors (Lipinski definition) is 1. The molecule has 0 heterocycles. The molecule has 0 aromatic carbocycles. The van der Waals surface area contributed by atoms with Crippen molar-refractivity contribution in [2.45, 2.75) is 19.1 Å². The van der Waals surface area contributed by atoms with Crippen LogP contribution in [0, 0.1) is 0 Å². The molecule has 0 aromatic heterocycles. The predicted molar refractivity (Wildman–Crippen MR) is 28.8 cm³/mol. The molecule has 0 aromatic rings. The number of hydrogen-bond donors (Lipinski definition) is 1. The minimum Gasteiger partial charge on any atom is -0.381 e. The molecule has 0 saturated heterocycles. The van der Waals surface area contributed by atoms with E-state index in [0.29, 0.717) is 0 Å². The van der Waals surface area contributed by atoms with E-state index in [1.54, 1.807) is 0 Å². The minimum atomic E-state index is -4.17. The Morgan fingerprint density at radius 3 is 2.11 bits per heavy atom. The zero-order valence-corrected chi connectivity index (χ0v) is 5.00. The Kier molecular flexibility index (Phi) is 2.55. The molecule has 1 nitrogen and oxygen atoms in total. The van der Waals surface area contributed by atoms with Crippen LogP contribution in [-0.4, -0.2) is 12.2 Å². The van der Waals surface area contributed by atoms with Gasteiger partial charge in [-0.3, -0.25) is 0 Å². The number of nitrogens with one attached hydrogen (secondary N) is 1. The third-order valence-electron chi connectivity index (χ3n) is 0.859. The Balaban J connectivity index is 3.72. The highest BCUT2D eigenvalue weighted by atomic mass is 19.4. The highest BCUT2D eigenvalue weighted by Crippen LogP contribution is 2.18. The predicted octanol–water partition coefficient (Wildman–Crippen LogP) is 1.67. The van der Waals surface area contributed by atoms with E-state index in [1.165, 1.54) is 0 Å². The Morgan fingerprint density at radius 2 is 2.00 bits per heavy atom. The molecule has 0 aliphatic rings. The van der Waals surface area contributed by atoms with Gasteiger partial charge in [-0.05, 0) is 13.1 Å². The van der Waals surface area contributed by atoms with Crippen molar-refractivity contribution in [2.24, 2.45) is 0 Å². The lowest BCUT2D eigenvalue weighted by atomic mass is 10.3. The second-order valence-electron chi connectivity index (χ2n) is 1.63. The molecule has 54 valence electrons. The summed E-state index contributed by atoms with van der Waals surface area (Å²) in [5.74, 6) is 0. The summed E-state index contributed by atoms with van der Waals surface area (Å²) in [5.41, 5.74) is 0. The van der Waals surface area contributed by atoms with Crippen molar-refractivity contribution in [3.8, 4) is 0 Å². The number of rotatable bonds is 2.